The molecule has 0 aromatic heterocycles. The molecule has 2 aromatic carbocycles. The molecule has 6 nitrogen and oxygen atoms in total. The SMILES string of the molecule is CCOc1ccc(CNC(=NC)NCCc2cccc(C(=O)N(C)C)c2)cc1F.I. The quantitative estimate of drug-likeness (QED) is 0.313. The van der Waals surface area contributed by atoms with Crippen molar-refractivity contribution >= 4 is 35.8 Å². The molecule has 2 rings (SSSR count). The number of halogens is 2. The average Bonchev–Trinajstić information content (AvgIpc) is 2.72. The van der Waals surface area contributed by atoms with Crippen molar-refractivity contribution in [2.75, 3.05) is 34.3 Å². The standard InChI is InChI=1S/C22H29FN4O2.HI/c1-5-29-20-10-9-17(14-19(20)23)15-26-22(24-2)25-12-11-16-7-6-8-18(13-16)21(28)27(3)4;/h6-10,13-14H,5,11-12,15H2,1-4H3,(H2,24,25,26);1H. The van der Waals surface area contributed by atoms with E-state index >= 15 is 0 Å². The lowest BCUT2D eigenvalue weighted by atomic mass is 10.1. The number of carbonyl (C=O) groups excluding carboxylic acids is 1. The molecule has 0 radical (unpaired) electrons. The lowest BCUT2D eigenvalue weighted by Gasteiger charge is -2.14. The van der Waals surface area contributed by atoms with Crippen LogP contribution in [0.15, 0.2) is 47.5 Å². The van der Waals surface area contributed by atoms with E-state index in [-0.39, 0.29) is 41.5 Å². The highest BCUT2D eigenvalue weighted by Crippen LogP contribution is 2.18. The van der Waals surface area contributed by atoms with Gasteiger partial charge in [-0.3, -0.25) is 9.79 Å². The molecule has 0 heterocycles. The highest BCUT2D eigenvalue weighted by atomic mass is 127. The Morgan fingerprint density at radius 2 is 1.90 bits per heavy atom. The molecule has 0 saturated carbocycles. The van der Waals surface area contributed by atoms with Crippen LogP contribution in [0.4, 0.5) is 4.39 Å². The van der Waals surface area contributed by atoms with Gasteiger partial charge in [-0.05, 0) is 48.7 Å². The molecule has 0 fully saturated rings. The van der Waals surface area contributed by atoms with Crippen LogP contribution < -0.4 is 15.4 Å². The minimum absolute atomic E-state index is 0. The van der Waals surface area contributed by atoms with Crippen LogP contribution in [0.25, 0.3) is 0 Å². The van der Waals surface area contributed by atoms with E-state index in [1.807, 2.05) is 37.3 Å². The summed E-state index contributed by atoms with van der Waals surface area (Å²) in [6.45, 7) is 3.34. The number of nitrogens with one attached hydrogen (secondary N) is 2. The first-order valence-electron chi connectivity index (χ1n) is 9.61. The van der Waals surface area contributed by atoms with E-state index in [1.54, 1.807) is 32.1 Å². The first-order chi connectivity index (χ1) is 13.9. The van der Waals surface area contributed by atoms with Gasteiger partial charge in [-0.25, -0.2) is 4.39 Å². The second-order valence-corrected chi connectivity index (χ2v) is 6.70. The minimum atomic E-state index is -0.374. The molecule has 1 amide bonds. The Bertz CT molecular complexity index is 859. The molecule has 0 spiro atoms. The van der Waals surface area contributed by atoms with Crippen LogP contribution in [0, 0.1) is 5.82 Å². The highest BCUT2D eigenvalue weighted by molar-refractivity contribution is 14.0. The molecule has 2 N–H and O–H groups in total. The molecule has 0 aliphatic carbocycles. The van der Waals surface area contributed by atoms with E-state index in [2.05, 4.69) is 15.6 Å². The van der Waals surface area contributed by atoms with Crippen molar-refractivity contribution in [1.29, 1.82) is 0 Å². The van der Waals surface area contributed by atoms with Crippen molar-refractivity contribution in [2.24, 2.45) is 4.99 Å². The molecule has 164 valence electrons. The number of hydrogen-bond donors (Lipinski definition) is 2. The summed E-state index contributed by atoms with van der Waals surface area (Å²) in [6, 6.07) is 12.5. The number of nitrogens with zero attached hydrogens (tertiary/aromatic N) is 2. The Morgan fingerprint density at radius 3 is 2.53 bits per heavy atom. The van der Waals surface area contributed by atoms with E-state index < -0.39 is 0 Å². The summed E-state index contributed by atoms with van der Waals surface area (Å²) in [5.74, 6) is 0.495. The fraction of sp³-hybridized carbons (Fsp3) is 0.364. The summed E-state index contributed by atoms with van der Waals surface area (Å²) in [5.41, 5.74) is 2.53. The molecule has 30 heavy (non-hydrogen) atoms. The molecular formula is C22H30FIN4O2. The van der Waals surface area contributed by atoms with Gasteiger partial charge in [-0.2, -0.15) is 0 Å². The van der Waals surface area contributed by atoms with Crippen LogP contribution in [0.5, 0.6) is 5.75 Å². The highest BCUT2D eigenvalue weighted by Gasteiger charge is 2.08. The Kier molecular flexibility index (Phi) is 11.2. The number of aliphatic imine (C=N–C) groups is 1. The number of hydrogen-bond acceptors (Lipinski definition) is 3. The maximum Gasteiger partial charge on any atom is 0.253 e. The fourth-order valence-electron chi connectivity index (χ4n) is 2.78. The zero-order valence-electron chi connectivity index (χ0n) is 17.9. The van der Waals surface area contributed by atoms with Crippen molar-refractivity contribution in [2.45, 2.75) is 19.9 Å². The van der Waals surface area contributed by atoms with Crippen LogP contribution in [0.2, 0.25) is 0 Å². The Morgan fingerprint density at radius 1 is 1.13 bits per heavy atom. The minimum Gasteiger partial charge on any atom is -0.491 e. The summed E-state index contributed by atoms with van der Waals surface area (Å²) in [7, 11) is 5.16. The maximum absolute atomic E-state index is 13.9. The van der Waals surface area contributed by atoms with Gasteiger partial charge in [-0.1, -0.05) is 18.2 Å². The predicted molar refractivity (Wildman–Crippen MR) is 129 cm³/mol. The number of carbonyl (C=O) groups is 1. The third kappa shape index (κ3) is 7.81. The Balaban J connectivity index is 0.00000450. The van der Waals surface area contributed by atoms with Crippen molar-refractivity contribution in [3.05, 3.63) is 65.0 Å². The maximum atomic E-state index is 13.9. The van der Waals surface area contributed by atoms with Crippen LogP contribution in [0.1, 0.15) is 28.4 Å². The van der Waals surface area contributed by atoms with Gasteiger partial charge >= 0.3 is 0 Å². The summed E-state index contributed by atoms with van der Waals surface area (Å²) in [5, 5.41) is 6.40. The average molecular weight is 528 g/mol. The van der Waals surface area contributed by atoms with Crippen LogP contribution in [-0.2, 0) is 13.0 Å². The fourth-order valence-corrected chi connectivity index (χ4v) is 2.78. The molecule has 0 unspecified atom stereocenters. The number of rotatable bonds is 8. The molecule has 8 heteroatoms. The van der Waals surface area contributed by atoms with Crippen molar-refractivity contribution in [3.63, 3.8) is 0 Å². The monoisotopic (exact) mass is 528 g/mol. The molecule has 0 bridgehead atoms. The van der Waals surface area contributed by atoms with Gasteiger partial charge in [0.2, 0.25) is 0 Å². The van der Waals surface area contributed by atoms with Gasteiger partial charge in [0.15, 0.2) is 17.5 Å². The normalized spacial score (nSPS) is 10.8. The summed E-state index contributed by atoms with van der Waals surface area (Å²) >= 11 is 0. The molecule has 0 atom stereocenters. The van der Waals surface area contributed by atoms with Gasteiger partial charge in [0, 0.05) is 39.8 Å². The van der Waals surface area contributed by atoms with Crippen molar-refractivity contribution in [1.82, 2.24) is 15.5 Å². The van der Waals surface area contributed by atoms with Crippen LogP contribution in [0.3, 0.4) is 0 Å². The largest absolute Gasteiger partial charge is 0.491 e. The summed E-state index contributed by atoms with van der Waals surface area (Å²) in [6.07, 6.45) is 0.743. The van der Waals surface area contributed by atoms with E-state index in [0.29, 0.717) is 31.2 Å². The van der Waals surface area contributed by atoms with Gasteiger partial charge in [-0.15, -0.1) is 24.0 Å². The second kappa shape index (κ2) is 13.0. The van der Waals surface area contributed by atoms with Gasteiger partial charge in [0.25, 0.3) is 5.91 Å². The molecular weight excluding hydrogens is 498 g/mol. The number of ether oxygens (including phenoxy) is 1. The second-order valence-electron chi connectivity index (χ2n) is 6.70. The van der Waals surface area contributed by atoms with Gasteiger partial charge < -0.3 is 20.3 Å². The third-order valence-corrected chi connectivity index (χ3v) is 4.27. The lowest BCUT2D eigenvalue weighted by molar-refractivity contribution is 0.0827. The first-order valence-corrected chi connectivity index (χ1v) is 9.61. The van der Waals surface area contributed by atoms with Crippen LogP contribution >= 0.6 is 24.0 Å². The van der Waals surface area contributed by atoms with Gasteiger partial charge in [0.1, 0.15) is 0 Å². The van der Waals surface area contributed by atoms with Crippen molar-refractivity contribution in [3.8, 4) is 5.75 Å². The summed E-state index contributed by atoms with van der Waals surface area (Å²) < 4.78 is 19.2. The first kappa shape index (κ1) is 25.7. The number of amides is 1. The van der Waals surface area contributed by atoms with E-state index in [4.69, 9.17) is 4.74 Å². The topological polar surface area (TPSA) is 66.0 Å². The van der Waals surface area contributed by atoms with E-state index in [9.17, 15) is 9.18 Å². The smallest absolute Gasteiger partial charge is 0.253 e. The zero-order chi connectivity index (χ0) is 21.2. The molecule has 0 saturated heterocycles. The van der Waals surface area contributed by atoms with Gasteiger partial charge in [0.05, 0.1) is 6.61 Å². The number of guanidine groups is 1. The lowest BCUT2D eigenvalue weighted by Crippen LogP contribution is -2.37. The molecule has 2 aromatic rings. The predicted octanol–water partition coefficient (Wildman–Crippen LogP) is 3.45. The zero-order valence-corrected chi connectivity index (χ0v) is 20.2. The Hall–Kier alpha value is -2.36. The number of benzene rings is 2. The third-order valence-electron chi connectivity index (χ3n) is 4.27. The van der Waals surface area contributed by atoms with Crippen molar-refractivity contribution < 1.29 is 13.9 Å². The van der Waals surface area contributed by atoms with E-state index in [1.165, 1.54) is 6.07 Å². The Labute approximate surface area is 194 Å². The molecule has 0 aliphatic heterocycles. The van der Waals surface area contributed by atoms with E-state index in [0.717, 1.165) is 17.5 Å². The van der Waals surface area contributed by atoms with Crippen LogP contribution in [-0.4, -0.2) is 51.1 Å². The molecule has 0 aliphatic rings. The summed E-state index contributed by atoms with van der Waals surface area (Å²) in [4.78, 5) is 17.8.